The van der Waals surface area contributed by atoms with Crippen LogP contribution in [-0.2, 0) is 11.2 Å². The van der Waals surface area contributed by atoms with Crippen LogP contribution in [0.3, 0.4) is 0 Å². The lowest BCUT2D eigenvalue weighted by Gasteiger charge is -2.31. The lowest BCUT2D eigenvalue weighted by molar-refractivity contribution is -0.120. The Balaban J connectivity index is 1.84. The summed E-state index contributed by atoms with van der Waals surface area (Å²) in [6.07, 6.45) is 4.69. The van der Waals surface area contributed by atoms with Crippen LogP contribution in [-0.4, -0.2) is 41.5 Å². The fraction of sp³-hybridized carbons (Fsp3) is 0.647. The molecule has 1 N–H and O–H groups in total. The Kier molecular flexibility index (Phi) is 5.74. The number of hydrogen-bond acceptors (Lipinski definition) is 3. The Morgan fingerprint density at radius 2 is 2.10 bits per heavy atom. The molecule has 116 valence electrons. The number of hydrogen-bond donors (Lipinski definition) is 1. The van der Waals surface area contributed by atoms with Gasteiger partial charge in [-0.3, -0.25) is 14.7 Å². The van der Waals surface area contributed by atoms with Gasteiger partial charge in [-0.2, -0.15) is 0 Å². The molecule has 0 spiro atoms. The van der Waals surface area contributed by atoms with Crippen LogP contribution in [0.25, 0.3) is 0 Å². The van der Waals surface area contributed by atoms with Crippen LogP contribution >= 0.6 is 0 Å². The van der Waals surface area contributed by atoms with Crippen LogP contribution in [0.1, 0.15) is 37.9 Å². The molecular weight excluding hydrogens is 262 g/mol. The van der Waals surface area contributed by atoms with E-state index in [0.29, 0.717) is 18.4 Å². The van der Waals surface area contributed by atoms with Gasteiger partial charge in [-0.05, 0) is 56.5 Å². The van der Waals surface area contributed by atoms with Gasteiger partial charge in [0, 0.05) is 24.5 Å². The van der Waals surface area contributed by atoms with E-state index in [9.17, 15) is 4.79 Å². The lowest BCUT2D eigenvalue weighted by atomic mass is 10.0. The minimum Gasteiger partial charge on any atom is -0.354 e. The highest BCUT2D eigenvalue weighted by molar-refractivity contribution is 5.78. The quantitative estimate of drug-likeness (QED) is 0.873. The number of aryl methyl sites for hydroxylation is 1. The summed E-state index contributed by atoms with van der Waals surface area (Å²) in [4.78, 5) is 18.9. The van der Waals surface area contributed by atoms with Crippen molar-refractivity contribution in [2.45, 2.75) is 46.1 Å². The normalized spacial score (nSPS) is 17.1. The van der Waals surface area contributed by atoms with E-state index in [-0.39, 0.29) is 5.91 Å². The molecule has 0 bridgehead atoms. The summed E-state index contributed by atoms with van der Waals surface area (Å²) in [5.74, 6) is 0.624. The zero-order chi connectivity index (χ0) is 15.2. The van der Waals surface area contributed by atoms with E-state index in [2.05, 4.69) is 29.0 Å². The Bertz CT molecular complexity index is 467. The van der Waals surface area contributed by atoms with Crippen molar-refractivity contribution in [2.75, 3.05) is 19.6 Å². The highest BCUT2D eigenvalue weighted by atomic mass is 16.1. The van der Waals surface area contributed by atoms with E-state index in [0.717, 1.165) is 30.9 Å². The van der Waals surface area contributed by atoms with Crippen LogP contribution in [0.2, 0.25) is 0 Å². The van der Waals surface area contributed by atoms with Gasteiger partial charge < -0.3 is 5.32 Å². The van der Waals surface area contributed by atoms with Gasteiger partial charge in [-0.25, -0.2) is 0 Å². The number of nitrogens with zero attached hydrogens (tertiary/aromatic N) is 2. The van der Waals surface area contributed by atoms with Crippen LogP contribution in [0, 0.1) is 12.8 Å². The zero-order valence-electron chi connectivity index (χ0n) is 13.4. The topological polar surface area (TPSA) is 45.2 Å². The van der Waals surface area contributed by atoms with Gasteiger partial charge in [0.25, 0.3) is 0 Å². The van der Waals surface area contributed by atoms with Crippen molar-refractivity contribution in [3.05, 3.63) is 29.6 Å². The van der Waals surface area contributed by atoms with Gasteiger partial charge in [0.1, 0.15) is 0 Å². The van der Waals surface area contributed by atoms with Gasteiger partial charge >= 0.3 is 0 Å². The average Bonchev–Trinajstić information content (AvgIpc) is 2.92. The molecule has 1 atom stereocenters. The summed E-state index contributed by atoms with van der Waals surface area (Å²) in [6, 6.07) is 4.37. The molecule has 1 saturated heterocycles. The fourth-order valence-corrected chi connectivity index (χ4v) is 3.00. The van der Waals surface area contributed by atoms with Crippen molar-refractivity contribution in [3.8, 4) is 0 Å². The Morgan fingerprint density at radius 3 is 2.71 bits per heavy atom. The molecule has 0 unspecified atom stereocenters. The fourth-order valence-electron chi connectivity index (χ4n) is 3.00. The predicted molar refractivity (Wildman–Crippen MR) is 85.1 cm³/mol. The molecule has 0 aliphatic carbocycles. The number of nitrogens with one attached hydrogen (secondary N) is 1. The molecule has 1 aliphatic heterocycles. The van der Waals surface area contributed by atoms with Crippen molar-refractivity contribution in [1.82, 2.24) is 15.2 Å². The van der Waals surface area contributed by atoms with Crippen LogP contribution in [0.15, 0.2) is 18.3 Å². The lowest BCUT2D eigenvalue weighted by Crippen LogP contribution is -2.46. The number of aromatic nitrogens is 1. The second kappa shape index (κ2) is 7.55. The first-order chi connectivity index (χ1) is 10.1. The van der Waals surface area contributed by atoms with Crippen molar-refractivity contribution in [1.29, 1.82) is 0 Å². The Labute approximate surface area is 127 Å². The number of carbonyl (C=O) groups excluding carboxylic acids is 1. The van der Waals surface area contributed by atoms with E-state index < -0.39 is 0 Å². The second-order valence-electron chi connectivity index (χ2n) is 6.36. The highest BCUT2D eigenvalue weighted by Crippen LogP contribution is 2.17. The van der Waals surface area contributed by atoms with Crippen molar-refractivity contribution in [2.24, 2.45) is 5.92 Å². The zero-order valence-corrected chi connectivity index (χ0v) is 13.4. The molecule has 0 aromatic carbocycles. The summed E-state index contributed by atoms with van der Waals surface area (Å²) in [7, 11) is 0. The van der Waals surface area contributed by atoms with E-state index >= 15 is 0 Å². The molecule has 1 aromatic rings. The first-order valence-electron chi connectivity index (χ1n) is 7.98. The molecular formula is C17H27N3O. The minimum atomic E-state index is 0.0675. The van der Waals surface area contributed by atoms with Crippen LogP contribution < -0.4 is 5.32 Å². The van der Waals surface area contributed by atoms with E-state index in [1.54, 1.807) is 6.20 Å². The highest BCUT2D eigenvalue weighted by Gasteiger charge is 2.24. The maximum absolute atomic E-state index is 12.1. The maximum Gasteiger partial charge on any atom is 0.226 e. The summed E-state index contributed by atoms with van der Waals surface area (Å²) in [5, 5.41) is 3.09. The average molecular weight is 289 g/mol. The van der Waals surface area contributed by atoms with Gasteiger partial charge in [0.15, 0.2) is 0 Å². The standard InChI is InChI=1S/C17H27N3O/c1-13(2)16(20-8-4-5-9-20)12-19-17(21)11-15-10-14(3)6-7-18-15/h6-7,10,13,16H,4-5,8-9,11-12H2,1-3H3,(H,19,21)/t16-/m0/s1. The third-order valence-electron chi connectivity index (χ3n) is 4.20. The molecule has 4 nitrogen and oxygen atoms in total. The molecule has 1 fully saturated rings. The van der Waals surface area contributed by atoms with E-state index in [1.807, 2.05) is 19.1 Å². The van der Waals surface area contributed by atoms with Crippen LogP contribution in [0.4, 0.5) is 0 Å². The summed E-state index contributed by atoms with van der Waals surface area (Å²) >= 11 is 0. The van der Waals surface area contributed by atoms with Gasteiger partial charge in [-0.1, -0.05) is 13.8 Å². The maximum atomic E-state index is 12.1. The first kappa shape index (κ1) is 16.0. The predicted octanol–water partition coefficient (Wildman–Crippen LogP) is 2.17. The molecule has 0 saturated carbocycles. The van der Waals surface area contributed by atoms with Gasteiger partial charge in [0.05, 0.1) is 6.42 Å². The second-order valence-corrected chi connectivity index (χ2v) is 6.36. The third kappa shape index (κ3) is 4.81. The van der Waals surface area contributed by atoms with E-state index in [1.165, 1.54) is 12.8 Å². The molecule has 2 rings (SSSR count). The number of carbonyl (C=O) groups is 1. The van der Waals surface area contributed by atoms with Crippen molar-refractivity contribution in [3.63, 3.8) is 0 Å². The SMILES string of the molecule is Cc1ccnc(CC(=O)NC[C@@H](C(C)C)N2CCCC2)c1. The van der Waals surface area contributed by atoms with Crippen molar-refractivity contribution >= 4 is 5.91 Å². The first-order valence-corrected chi connectivity index (χ1v) is 7.98. The number of rotatable bonds is 6. The molecule has 4 heteroatoms. The van der Waals surface area contributed by atoms with E-state index in [4.69, 9.17) is 0 Å². The number of amides is 1. The summed E-state index contributed by atoms with van der Waals surface area (Å²) in [5.41, 5.74) is 1.99. The summed E-state index contributed by atoms with van der Waals surface area (Å²) < 4.78 is 0. The smallest absolute Gasteiger partial charge is 0.226 e. The van der Waals surface area contributed by atoms with Gasteiger partial charge in [0.2, 0.25) is 5.91 Å². The minimum absolute atomic E-state index is 0.0675. The van der Waals surface area contributed by atoms with Gasteiger partial charge in [-0.15, -0.1) is 0 Å². The van der Waals surface area contributed by atoms with Crippen LogP contribution in [0.5, 0.6) is 0 Å². The monoisotopic (exact) mass is 289 g/mol. The third-order valence-corrected chi connectivity index (χ3v) is 4.20. The molecule has 21 heavy (non-hydrogen) atoms. The Hall–Kier alpha value is -1.42. The van der Waals surface area contributed by atoms with Crippen molar-refractivity contribution < 1.29 is 4.79 Å². The Morgan fingerprint density at radius 1 is 1.38 bits per heavy atom. The number of likely N-dealkylation sites (tertiary alicyclic amines) is 1. The molecule has 0 radical (unpaired) electrons. The molecule has 1 amide bonds. The molecule has 1 aromatic heterocycles. The number of pyridine rings is 1. The summed E-state index contributed by atoms with van der Waals surface area (Å²) in [6.45, 7) is 9.55. The molecule has 2 heterocycles. The molecule has 1 aliphatic rings. The largest absolute Gasteiger partial charge is 0.354 e.